The third kappa shape index (κ3) is 1.58. The van der Waals surface area contributed by atoms with Crippen LogP contribution in [0.15, 0.2) is 0 Å². The van der Waals surface area contributed by atoms with E-state index >= 15 is 0 Å². The first-order valence-corrected chi connectivity index (χ1v) is 4.35. The van der Waals surface area contributed by atoms with Crippen molar-refractivity contribution in [2.24, 2.45) is 0 Å². The summed E-state index contributed by atoms with van der Waals surface area (Å²) >= 11 is 0. The lowest BCUT2D eigenvalue weighted by atomic mass is 10.0. The predicted octanol–water partition coefficient (Wildman–Crippen LogP) is 1.12. The molecule has 1 aromatic carbocycles. The molecule has 0 aromatic heterocycles. The molecule has 0 atom stereocenters. The van der Waals surface area contributed by atoms with E-state index in [9.17, 15) is 15.0 Å². The molecule has 0 bridgehead atoms. The average molecular weight is 228 g/mol. The molecular formula is C10H12O6. The van der Waals surface area contributed by atoms with Gasteiger partial charge in [-0.2, -0.15) is 0 Å². The Morgan fingerprint density at radius 3 is 1.88 bits per heavy atom. The molecule has 0 aliphatic heterocycles. The minimum absolute atomic E-state index is 0.0163. The Morgan fingerprint density at radius 1 is 1.06 bits per heavy atom. The molecule has 6 heteroatoms. The van der Waals surface area contributed by atoms with E-state index in [4.69, 9.17) is 14.6 Å². The van der Waals surface area contributed by atoms with Crippen LogP contribution in [0.1, 0.15) is 15.9 Å². The van der Waals surface area contributed by atoms with Crippen LogP contribution < -0.4 is 9.47 Å². The molecule has 0 saturated heterocycles. The molecule has 0 aliphatic rings. The smallest absolute Gasteiger partial charge is 0.340 e. The Kier molecular flexibility index (Phi) is 3.12. The van der Waals surface area contributed by atoms with Crippen LogP contribution in [-0.4, -0.2) is 35.5 Å². The molecule has 0 unspecified atom stereocenters. The van der Waals surface area contributed by atoms with E-state index in [1.54, 1.807) is 0 Å². The molecule has 3 N–H and O–H groups in total. The highest BCUT2D eigenvalue weighted by Crippen LogP contribution is 2.48. The zero-order chi connectivity index (χ0) is 12.5. The van der Waals surface area contributed by atoms with Crippen LogP contribution in [0.4, 0.5) is 0 Å². The molecule has 0 radical (unpaired) electrons. The normalized spacial score (nSPS) is 9.94. The van der Waals surface area contributed by atoms with E-state index in [0.717, 1.165) is 0 Å². The molecule has 0 amide bonds. The summed E-state index contributed by atoms with van der Waals surface area (Å²) in [4.78, 5) is 10.9. The second kappa shape index (κ2) is 4.18. The Bertz CT molecular complexity index is 438. The number of carboxylic acid groups (broad SMARTS) is 1. The summed E-state index contributed by atoms with van der Waals surface area (Å²) in [6.45, 7) is 1.36. The number of benzene rings is 1. The molecule has 1 aromatic rings. The van der Waals surface area contributed by atoms with Crippen molar-refractivity contribution in [1.29, 1.82) is 0 Å². The van der Waals surface area contributed by atoms with Crippen molar-refractivity contribution < 1.29 is 29.6 Å². The van der Waals surface area contributed by atoms with Gasteiger partial charge in [-0.05, 0) is 6.92 Å². The number of aromatic carboxylic acids is 1. The van der Waals surface area contributed by atoms with Gasteiger partial charge in [-0.1, -0.05) is 0 Å². The van der Waals surface area contributed by atoms with Gasteiger partial charge in [0.15, 0.2) is 11.5 Å². The summed E-state index contributed by atoms with van der Waals surface area (Å²) in [5, 5.41) is 28.3. The van der Waals surface area contributed by atoms with Gasteiger partial charge < -0.3 is 24.8 Å². The van der Waals surface area contributed by atoms with Crippen LogP contribution in [0, 0.1) is 6.92 Å². The largest absolute Gasteiger partial charge is 0.504 e. The number of rotatable bonds is 3. The van der Waals surface area contributed by atoms with Crippen LogP contribution in [0.25, 0.3) is 0 Å². The summed E-state index contributed by atoms with van der Waals surface area (Å²) in [7, 11) is 2.51. The maximum atomic E-state index is 10.9. The van der Waals surface area contributed by atoms with Crippen molar-refractivity contribution in [2.45, 2.75) is 6.92 Å². The Hall–Kier alpha value is -2.11. The van der Waals surface area contributed by atoms with Gasteiger partial charge in [-0.3, -0.25) is 0 Å². The first kappa shape index (κ1) is 12.0. The molecular weight excluding hydrogens is 216 g/mol. The van der Waals surface area contributed by atoms with E-state index in [0.29, 0.717) is 0 Å². The van der Waals surface area contributed by atoms with Crippen molar-refractivity contribution >= 4 is 5.97 Å². The first-order valence-electron chi connectivity index (χ1n) is 4.35. The zero-order valence-electron chi connectivity index (χ0n) is 9.07. The standard InChI is InChI=1S/C10H12O6/c1-4-5(10(13)14)7(12)9(16-3)8(15-2)6(4)11/h11-12H,1-3H3,(H,13,14). The van der Waals surface area contributed by atoms with E-state index in [1.165, 1.54) is 21.1 Å². The van der Waals surface area contributed by atoms with Crippen LogP contribution in [-0.2, 0) is 0 Å². The van der Waals surface area contributed by atoms with E-state index < -0.39 is 17.3 Å². The molecule has 0 saturated carbocycles. The molecule has 0 aliphatic carbocycles. The fraction of sp³-hybridized carbons (Fsp3) is 0.300. The number of hydrogen-bond donors (Lipinski definition) is 3. The lowest BCUT2D eigenvalue weighted by molar-refractivity contribution is 0.0691. The van der Waals surface area contributed by atoms with Gasteiger partial charge in [0.05, 0.1) is 14.2 Å². The molecule has 0 fully saturated rings. The van der Waals surface area contributed by atoms with Crippen LogP contribution in [0.3, 0.4) is 0 Å². The second-order valence-electron chi connectivity index (χ2n) is 3.07. The van der Waals surface area contributed by atoms with Crippen molar-refractivity contribution in [3.05, 3.63) is 11.1 Å². The maximum Gasteiger partial charge on any atom is 0.340 e. The van der Waals surface area contributed by atoms with E-state index in [-0.39, 0.29) is 22.8 Å². The van der Waals surface area contributed by atoms with E-state index in [1.807, 2.05) is 0 Å². The van der Waals surface area contributed by atoms with Crippen LogP contribution in [0.2, 0.25) is 0 Å². The third-order valence-electron chi connectivity index (χ3n) is 2.23. The van der Waals surface area contributed by atoms with Gasteiger partial charge in [-0.25, -0.2) is 4.79 Å². The SMILES string of the molecule is COc1c(O)c(C)c(C(=O)O)c(O)c1OC. The van der Waals surface area contributed by atoms with E-state index in [2.05, 4.69) is 0 Å². The number of methoxy groups -OCH3 is 2. The van der Waals surface area contributed by atoms with Gasteiger partial charge in [0.25, 0.3) is 0 Å². The van der Waals surface area contributed by atoms with Gasteiger partial charge in [-0.15, -0.1) is 0 Å². The number of aromatic hydroxyl groups is 2. The lowest BCUT2D eigenvalue weighted by Crippen LogP contribution is -2.04. The molecule has 0 heterocycles. The number of carboxylic acids is 1. The van der Waals surface area contributed by atoms with Crippen molar-refractivity contribution in [3.8, 4) is 23.0 Å². The highest BCUT2D eigenvalue weighted by molar-refractivity contribution is 5.95. The fourth-order valence-electron chi connectivity index (χ4n) is 1.44. The quantitative estimate of drug-likeness (QED) is 0.671. The summed E-state index contributed by atoms with van der Waals surface area (Å²) in [6.07, 6.45) is 0. The summed E-state index contributed by atoms with van der Waals surface area (Å²) < 4.78 is 9.63. The summed E-state index contributed by atoms with van der Waals surface area (Å²) in [6, 6.07) is 0. The third-order valence-corrected chi connectivity index (χ3v) is 2.23. The topological polar surface area (TPSA) is 96.2 Å². The molecule has 1 rings (SSSR count). The molecule has 0 spiro atoms. The monoisotopic (exact) mass is 228 g/mol. The molecule has 88 valence electrons. The predicted molar refractivity (Wildman–Crippen MR) is 54.6 cm³/mol. The fourth-order valence-corrected chi connectivity index (χ4v) is 1.44. The number of ether oxygens (including phenoxy) is 2. The van der Waals surface area contributed by atoms with Gasteiger partial charge >= 0.3 is 5.97 Å². The lowest BCUT2D eigenvalue weighted by Gasteiger charge is -2.15. The van der Waals surface area contributed by atoms with Crippen molar-refractivity contribution in [1.82, 2.24) is 0 Å². The minimum atomic E-state index is -1.36. The second-order valence-corrected chi connectivity index (χ2v) is 3.07. The minimum Gasteiger partial charge on any atom is -0.504 e. The van der Waals surface area contributed by atoms with Crippen LogP contribution in [0.5, 0.6) is 23.0 Å². The number of phenolic OH excluding ortho intramolecular Hbond substituents is 1. The van der Waals surface area contributed by atoms with Gasteiger partial charge in [0, 0.05) is 5.56 Å². The van der Waals surface area contributed by atoms with Crippen molar-refractivity contribution in [2.75, 3.05) is 14.2 Å². The molecule has 6 nitrogen and oxygen atoms in total. The highest BCUT2D eigenvalue weighted by atomic mass is 16.5. The Morgan fingerprint density at radius 2 is 1.50 bits per heavy atom. The van der Waals surface area contributed by atoms with Crippen LogP contribution >= 0.6 is 0 Å². The first-order chi connectivity index (χ1) is 7.45. The zero-order valence-corrected chi connectivity index (χ0v) is 9.07. The number of carbonyl (C=O) groups is 1. The Labute approximate surface area is 91.7 Å². The van der Waals surface area contributed by atoms with Crippen molar-refractivity contribution in [3.63, 3.8) is 0 Å². The maximum absolute atomic E-state index is 10.9. The number of phenols is 2. The highest BCUT2D eigenvalue weighted by Gasteiger charge is 2.26. The summed E-state index contributed by atoms with van der Waals surface area (Å²) in [5.41, 5.74) is -0.391. The van der Waals surface area contributed by atoms with Gasteiger partial charge in [0.1, 0.15) is 5.56 Å². The van der Waals surface area contributed by atoms with Gasteiger partial charge in [0.2, 0.25) is 11.5 Å². The number of hydrogen-bond acceptors (Lipinski definition) is 5. The molecule has 16 heavy (non-hydrogen) atoms. The average Bonchev–Trinajstić information content (AvgIpc) is 2.22. The summed E-state index contributed by atoms with van der Waals surface area (Å²) in [5.74, 6) is -2.59. The Balaban J connectivity index is 3.69.